The van der Waals surface area contributed by atoms with Crippen molar-refractivity contribution < 1.29 is 32.1 Å². The highest BCUT2D eigenvalue weighted by Gasteiger charge is 2.47. The summed E-state index contributed by atoms with van der Waals surface area (Å²) in [6.45, 7) is 2.84. The van der Waals surface area contributed by atoms with E-state index in [9.17, 15) is 13.9 Å². The Balaban J connectivity index is 1.22. The molecule has 8 nitrogen and oxygen atoms in total. The zero-order valence-electron chi connectivity index (χ0n) is 26.4. The number of rotatable bonds is 8. The molecule has 4 atom stereocenters. The largest absolute Gasteiger partial charge is 0.508 e. The van der Waals surface area contributed by atoms with Gasteiger partial charge in [0, 0.05) is 73.7 Å². The van der Waals surface area contributed by atoms with Crippen molar-refractivity contribution in [2.75, 3.05) is 51.3 Å². The van der Waals surface area contributed by atoms with E-state index in [-0.39, 0.29) is 69.8 Å². The van der Waals surface area contributed by atoms with Crippen LogP contribution in [-0.4, -0.2) is 90.8 Å². The Labute approximate surface area is 275 Å². The minimum atomic E-state index is -1.05. The number of piperazine rings is 1. The summed E-state index contributed by atoms with van der Waals surface area (Å²) >= 11 is 0. The molecule has 12 heteroatoms. The topological polar surface area (TPSA) is 83.0 Å². The van der Waals surface area contributed by atoms with E-state index in [0.29, 0.717) is 37.4 Å². The van der Waals surface area contributed by atoms with Crippen LogP contribution in [0.4, 0.5) is 23.4 Å². The maximum absolute atomic E-state index is 16.9. The van der Waals surface area contributed by atoms with Crippen LogP contribution in [0.3, 0.4) is 0 Å². The van der Waals surface area contributed by atoms with E-state index in [1.165, 1.54) is 31.4 Å². The van der Waals surface area contributed by atoms with Crippen molar-refractivity contribution in [3.8, 4) is 35.2 Å². The third-order valence-corrected chi connectivity index (χ3v) is 10.4. The number of hydrogen-bond acceptors (Lipinski definition) is 8. The highest BCUT2D eigenvalue weighted by molar-refractivity contribution is 6.04. The average Bonchev–Trinajstić information content (AvgIpc) is 3.62. The smallest absolute Gasteiger partial charge is 0.319 e. The second kappa shape index (κ2) is 11.8. The second-order valence-electron chi connectivity index (χ2n) is 13.7. The van der Waals surface area contributed by atoms with Gasteiger partial charge in [-0.1, -0.05) is 12.0 Å². The Kier molecular flexibility index (Phi) is 7.62. The Morgan fingerprint density at radius 1 is 1.04 bits per heavy atom. The van der Waals surface area contributed by atoms with Gasteiger partial charge in [-0.05, 0) is 55.3 Å². The molecular weight excluding hydrogens is 626 g/mol. The van der Waals surface area contributed by atoms with Gasteiger partial charge < -0.3 is 24.8 Å². The van der Waals surface area contributed by atoms with Crippen molar-refractivity contribution in [1.82, 2.24) is 20.2 Å². The van der Waals surface area contributed by atoms with Crippen molar-refractivity contribution in [3.05, 3.63) is 53.3 Å². The van der Waals surface area contributed by atoms with Gasteiger partial charge in [-0.3, -0.25) is 4.90 Å². The number of fused-ring (bicyclic) bond motifs is 4. The summed E-state index contributed by atoms with van der Waals surface area (Å²) in [4.78, 5) is 13.3. The normalized spacial score (nSPS) is 24.8. The van der Waals surface area contributed by atoms with Gasteiger partial charge in [0.15, 0.2) is 5.82 Å². The standard InChI is InChI=1S/C36H35F4N5O3/c1-3-23-26(37)7-4-19-10-22(46)11-24(30(19)23)31-27(38)12-25-33(32(31)40)42-35(43-34(25)45-13-20-5-6-21(14-45)41-20)48-18-36(8-9-36)17-44-15-28(39)29(16-44)47-2/h1,4,7,10-12,20-21,28-29,41,46H,5-6,8-9,13-18H2,2H3/t20?,21?,28-,29+/m0/s1. The van der Waals surface area contributed by atoms with Gasteiger partial charge >= 0.3 is 6.01 Å². The molecule has 4 heterocycles. The number of aromatic hydroxyl groups is 1. The number of halogens is 4. The number of anilines is 1. The molecule has 2 N–H and O–H groups in total. The van der Waals surface area contributed by atoms with E-state index in [0.717, 1.165) is 31.7 Å². The first-order valence-corrected chi connectivity index (χ1v) is 16.3. The van der Waals surface area contributed by atoms with Crippen LogP contribution in [0.2, 0.25) is 0 Å². The molecule has 48 heavy (non-hydrogen) atoms. The average molecular weight is 662 g/mol. The van der Waals surface area contributed by atoms with Crippen LogP contribution >= 0.6 is 0 Å². The third kappa shape index (κ3) is 5.38. The highest BCUT2D eigenvalue weighted by atomic mass is 19.1. The summed E-state index contributed by atoms with van der Waals surface area (Å²) < 4.78 is 73.8. The monoisotopic (exact) mass is 661 g/mol. The molecule has 2 unspecified atom stereocenters. The molecular formula is C36H35F4N5O3. The molecule has 250 valence electrons. The van der Waals surface area contributed by atoms with Crippen molar-refractivity contribution in [2.45, 2.75) is 50.0 Å². The number of ether oxygens (including phenoxy) is 2. The number of nitrogens with one attached hydrogen (secondary N) is 1. The van der Waals surface area contributed by atoms with Crippen LogP contribution in [0, 0.1) is 35.2 Å². The summed E-state index contributed by atoms with van der Waals surface area (Å²) in [5.74, 6) is -0.269. The van der Waals surface area contributed by atoms with Crippen LogP contribution in [0.5, 0.6) is 11.8 Å². The maximum Gasteiger partial charge on any atom is 0.319 e. The molecule has 4 fully saturated rings. The molecule has 0 amide bonds. The van der Waals surface area contributed by atoms with E-state index in [1.807, 2.05) is 9.80 Å². The first kappa shape index (κ1) is 31.1. The molecule has 0 spiro atoms. The number of aromatic nitrogens is 2. The molecule has 4 aromatic rings. The lowest BCUT2D eigenvalue weighted by atomic mass is 9.92. The molecule has 8 rings (SSSR count). The summed E-state index contributed by atoms with van der Waals surface area (Å²) in [5, 5.41) is 14.7. The van der Waals surface area contributed by atoms with Gasteiger partial charge in [-0.15, -0.1) is 6.42 Å². The van der Waals surface area contributed by atoms with Gasteiger partial charge in [0.1, 0.15) is 41.0 Å². The predicted molar refractivity (Wildman–Crippen MR) is 173 cm³/mol. The number of phenolic OH excluding ortho intramolecular Hbond substituents is 1. The van der Waals surface area contributed by atoms with Crippen LogP contribution < -0.4 is 15.0 Å². The second-order valence-corrected chi connectivity index (χ2v) is 13.7. The molecule has 1 aromatic heterocycles. The Morgan fingerprint density at radius 3 is 2.50 bits per heavy atom. The Hall–Kier alpha value is -4.18. The molecule has 3 aliphatic heterocycles. The number of terminal acetylenes is 1. The highest BCUT2D eigenvalue weighted by Crippen LogP contribution is 2.47. The minimum absolute atomic E-state index is 0.0539. The van der Waals surface area contributed by atoms with Crippen LogP contribution in [-0.2, 0) is 4.74 Å². The number of methoxy groups -OCH3 is 1. The lowest BCUT2D eigenvalue weighted by Gasteiger charge is -2.34. The van der Waals surface area contributed by atoms with Gasteiger partial charge in [0.05, 0.1) is 17.7 Å². The van der Waals surface area contributed by atoms with Crippen molar-refractivity contribution in [1.29, 1.82) is 0 Å². The third-order valence-electron chi connectivity index (χ3n) is 10.4. The molecule has 1 aliphatic carbocycles. The van der Waals surface area contributed by atoms with Gasteiger partial charge in [-0.2, -0.15) is 9.97 Å². The first-order chi connectivity index (χ1) is 23.1. The lowest BCUT2D eigenvalue weighted by molar-refractivity contribution is 0.0612. The van der Waals surface area contributed by atoms with Crippen LogP contribution in [0.1, 0.15) is 31.2 Å². The molecule has 3 aromatic carbocycles. The fourth-order valence-electron chi connectivity index (χ4n) is 7.82. The minimum Gasteiger partial charge on any atom is -0.508 e. The fourth-order valence-corrected chi connectivity index (χ4v) is 7.82. The molecule has 3 saturated heterocycles. The number of nitrogens with zero attached hydrogens (tertiary/aromatic N) is 4. The number of likely N-dealkylation sites (tertiary alicyclic amines) is 1. The zero-order chi connectivity index (χ0) is 33.3. The molecule has 0 radical (unpaired) electrons. The summed E-state index contributed by atoms with van der Waals surface area (Å²) in [5.41, 5.74) is -1.16. The molecule has 4 aliphatic rings. The fraction of sp³-hybridized carbons (Fsp3) is 0.444. The lowest BCUT2D eigenvalue weighted by Crippen LogP contribution is -2.51. The van der Waals surface area contributed by atoms with E-state index >= 15 is 8.78 Å². The SMILES string of the molecule is C#Cc1c(F)ccc2cc(O)cc(-c3c(F)cc4c(N5CC6CCC(C5)N6)nc(OCC5(CN6C[C@H](F)[C@H](OC)C6)CC5)nc4c3F)c12. The van der Waals surface area contributed by atoms with E-state index in [2.05, 4.69) is 16.2 Å². The number of alkyl halides is 1. The zero-order valence-corrected chi connectivity index (χ0v) is 26.4. The summed E-state index contributed by atoms with van der Waals surface area (Å²) in [6.07, 6.45) is 7.86. The van der Waals surface area contributed by atoms with Crippen molar-refractivity contribution in [3.63, 3.8) is 0 Å². The van der Waals surface area contributed by atoms with Crippen LogP contribution in [0.25, 0.3) is 32.8 Å². The van der Waals surface area contributed by atoms with Gasteiger partial charge in [-0.25, -0.2) is 17.6 Å². The van der Waals surface area contributed by atoms with Crippen molar-refractivity contribution >= 4 is 27.5 Å². The summed E-state index contributed by atoms with van der Waals surface area (Å²) in [7, 11) is 1.51. The van der Waals surface area contributed by atoms with Gasteiger partial charge in [0.2, 0.25) is 0 Å². The van der Waals surface area contributed by atoms with E-state index in [1.54, 1.807) is 0 Å². The van der Waals surface area contributed by atoms with Crippen molar-refractivity contribution in [2.24, 2.45) is 5.41 Å². The van der Waals surface area contributed by atoms with Crippen LogP contribution in [0.15, 0.2) is 30.3 Å². The quantitative estimate of drug-likeness (QED) is 0.194. The maximum atomic E-state index is 16.9. The first-order valence-electron chi connectivity index (χ1n) is 16.3. The number of phenols is 1. The van der Waals surface area contributed by atoms with E-state index in [4.69, 9.17) is 20.9 Å². The number of benzene rings is 3. The number of hydrogen-bond donors (Lipinski definition) is 2. The summed E-state index contributed by atoms with van der Waals surface area (Å²) in [6, 6.07) is 6.66. The predicted octanol–water partition coefficient (Wildman–Crippen LogP) is 5.32. The van der Waals surface area contributed by atoms with E-state index < -0.39 is 35.3 Å². The Bertz CT molecular complexity index is 1970. The molecule has 1 saturated carbocycles. The van der Waals surface area contributed by atoms with Gasteiger partial charge in [0.25, 0.3) is 0 Å². The molecule has 2 bridgehead atoms. The Morgan fingerprint density at radius 2 is 1.81 bits per heavy atom.